The number of amides is 1. The van der Waals surface area contributed by atoms with Crippen LogP contribution in [-0.4, -0.2) is 34.7 Å². The van der Waals surface area contributed by atoms with Crippen LogP contribution in [0.15, 0.2) is 48.5 Å². The summed E-state index contributed by atoms with van der Waals surface area (Å²) in [6.07, 6.45) is 3.07. The summed E-state index contributed by atoms with van der Waals surface area (Å²) in [4.78, 5) is 19.1. The maximum atomic E-state index is 12.3. The molecule has 2 heterocycles. The van der Waals surface area contributed by atoms with Crippen molar-refractivity contribution in [2.45, 2.75) is 51.6 Å². The number of benzene rings is 1. The highest BCUT2D eigenvalue weighted by Crippen LogP contribution is 2.64. The molecule has 1 atom stereocenters. The van der Waals surface area contributed by atoms with Crippen LogP contribution in [-0.2, 0) is 4.74 Å². The minimum Gasteiger partial charge on any atom is -0.444 e. The summed E-state index contributed by atoms with van der Waals surface area (Å²) >= 11 is 0. The van der Waals surface area contributed by atoms with Crippen molar-refractivity contribution in [2.24, 2.45) is 5.41 Å². The molecule has 1 aliphatic heterocycles. The first kappa shape index (κ1) is 18.0. The zero-order valence-electron chi connectivity index (χ0n) is 16.4. The largest absolute Gasteiger partial charge is 0.444 e. The van der Waals surface area contributed by atoms with Gasteiger partial charge in [0.05, 0.1) is 5.69 Å². The van der Waals surface area contributed by atoms with Crippen LogP contribution in [0.3, 0.4) is 0 Å². The van der Waals surface area contributed by atoms with Crippen molar-refractivity contribution >= 4 is 6.09 Å². The van der Waals surface area contributed by atoms with Gasteiger partial charge in [0.15, 0.2) is 0 Å². The van der Waals surface area contributed by atoms with Gasteiger partial charge in [-0.05, 0) is 57.6 Å². The van der Waals surface area contributed by atoms with E-state index in [1.807, 2.05) is 31.7 Å². The number of pyridine rings is 1. The van der Waals surface area contributed by atoms with Gasteiger partial charge in [-0.25, -0.2) is 4.79 Å². The molecule has 0 N–H and O–H groups in total. The van der Waals surface area contributed by atoms with Gasteiger partial charge in [-0.15, -0.1) is 0 Å². The summed E-state index contributed by atoms with van der Waals surface area (Å²) in [5, 5.41) is 0. The minimum atomic E-state index is -0.434. The number of hydrogen-bond donors (Lipinski definition) is 0. The Morgan fingerprint density at radius 2 is 1.78 bits per heavy atom. The third-order valence-electron chi connectivity index (χ3n) is 5.80. The van der Waals surface area contributed by atoms with Gasteiger partial charge in [0.25, 0.3) is 0 Å². The summed E-state index contributed by atoms with van der Waals surface area (Å²) in [5.41, 5.74) is 3.29. The Bertz CT molecular complexity index is 818. The quantitative estimate of drug-likeness (QED) is 0.730. The van der Waals surface area contributed by atoms with Gasteiger partial charge in [-0.3, -0.25) is 4.98 Å². The first-order valence-electron chi connectivity index (χ1n) is 9.87. The molecule has 27 heavy (non-hydrogen) atoms. The Kier molecular flexibility index (Phi) is 4.45. The minimum absolute atomic E-state index is 0.182. The number of aromatic nitrogens is 1. The maximum Gasteiger partial charge on any atom is 0.410 e. The normalized spacial score (nSPS) is 21.1. The molecule has 4 rings (SSSR count). The number of rotatable bonds is 2. The second-order valence-corrected chi connectivity index (χ2v) is 8.90. The zero-order chi connectivity index (χ0) is 19.1. The monoisotopic (exact) mass is 364 g/mol. The van der Waals surface area contributed by atoms with E-state index in [-0.39, 0.29) is 6.09 Å². The molecule has 2 fully saturated rings. The molecule has 142 valence electrons. The van der Waals surface area contributed by atoms with Crippen LogP contribution < -0.4 is 0 Å². The van der Waals surface area contributed by atoms with Crippen LogP contribution in [0.25, 0.3) is 11.3 Å². The van der Waals surface area contributed by atoms with Crippen molar-refractivity contribution < 1.29 is 9.53 Å². The third-order valence-corrected chi connectivity index (χ3v) is 5.80. The maximum absolute atomic E-state index is 12.3. The fourth-order valence-corrected chi connectivity index (χ4v) is 4.19. The molecule has 1 aliphatic carbocycles. The lowest BCUT2D eigenvalue weighted by molar-refractivity contribution is 0.0170. The van der Waals surface area contributed by atoms with Crippen molar-refractivity contribution in [1.29, 1.82) is 0 Å². The lowest BCUT2D eigenvalue weighted by Gasteiger charge is -2.34. The fourth-order valence-electron chi connectivity index (χ4n) is 4.19. The van der Waals surface area contributed by atoms with Crippen LogP contribution in [0.5, 0.6) is 0 Å². The number of carbonyl (C=O) groups is 1. The fraction of sp³-hybridized carbons (Fsp3) is 0.478. The van der Waals surface area contributed by atoms with E-state index >= 15 is 0 Å². The van der Waals surface area contributed by atoms with Crippen LogP contribution in [0.1, 0.15) is 51.6 Å². The van der Waals surface area contributed by atoms with E-state index < -0.39 is 5.60 Å². The van der Waals surface area contributed by atoms with Crippen LogP contribution in [0.2, 0.25) is 0 Å². The molecule has 1 unspecified atom stereocenters. The molecule has 2 aliphatic rings. The molecule has 1 aromatic heterocycles. The number of piperidine rings is 1. The van der Waals surface area contributed by atoms with E-state index in [2.05, 4.69) is 42.5 Å². The molecule has 0 bridgehead atoms. The lowest BCUT2D eigenvalue weighted by Crippen LogP contribution is -2.42. The molecular weight excluding hydrogens is 336 g/mol. The summed E-state index contributed by atoms with van der Waals surface area (Å²) in [6.45, 7) is 7.31. The second-order valence-electron chi connectivity index (χ2n) is 8.90. The average Bonchev–Trinajstić information content (AvgIpc) is 3.35. The van der Waals surface area contributed by atoms with Crippen LogP contribution in [0, 0.1) is 5.41 Å². The lowest BCUT2D eigenvalue weighted by atomic mass is 9.90. The van der Waals surface area contributed by atoms with E-state index in [0.717, 1.165) is 37.2 Å². The highest BCUT2D eigenvalue weighted by molar-refractivity contribution is 5.68. The van der Waals surface area contributed by atoms with Gasteiger partial charge in [-0.1, -0.05) is 36.4 Å². The average molecular weight is 364 g/mol. The Balaban J connectivity index is 1.41. The second kappa shape index (κ2) is 6.66. The topological polar surface area (TPSA) is 42.4 Å². The van der Waals surface area contributed by atoms with Gasteiger partial charge in [-0.2, -0.15) is 0 Å². The van der Waals surface area contributed by atoms with E-state index in [1.54, 1.807) is 0 Å². The van der Waals surface area contributed by atoms with Crippen molar-refractivity contribution in [3.8, 4) is 11.3 Å². The van der Waals surface area contributed by atoms with Crippen molar-refractivity contribution in [3.63, 3.8) is 0 Å². The van der Waals surface area contributed by atoms with Gasteiger partial charge in [0.1, 0.15) is 5.60 Å². The Morgan fingerprint density at radius 1 is 1.07 bits per heavy atom. The van der Waals surface area contributed by atoms with Gasteiger partial charge >= 0.3 is 6.09 Å². The highest BCUT2D eigenvalue weighted by Gasteiger charge is 2.56. The van der Waals surface area contributed by atoms with Crippen molar-refractivity contribution in [3.05, 3.63) is 54.2 Å². The van der Waals surface area contributed by atoms with E-state index in [0.29, 0.717) is 11.3 Å². The number of hydrogen-bond acceptors (Lipinski definition) is 3. The molecular formula is C23H28N2O2. The first-order valence-corrected chi connectivity index (χ1v) is 9.87. The predicted octanol–water partition coefficient (Wildman–Crippen LogP) is 5.25. The SMILES string of the molecule is CC(C)(C)OC(=O)N1CCC2(CC1)CC2c1cccc(-c2ccccc2)n1. The Hall–Kier alpha value is -2.36. The molecule has 4 nitrogen and oxygen atoms in total. The molecule has 1 saturated heterocycles. The van der Waals surface area contributed by atoms with Crippen molar-refractivity contribution in [1.82, 2.24) is 9.88 Å². The smallest absolute Gasteiger partial charge is 0.410 e. The summed E-state index contributed by atoms with van der Waals surface area (Å²) < 4.78 is 5.52. The molecule has 1 aromatic carbocycles. The number of likely N-dealkylation sites (tertiary alicyclic amines) is 1. The predicted molar refractivity (Wildman–Crippen MR) is 107 cm³/mol. The molecule has 1 saturated carbocycles. The Morgan fingerprint density at radius 3 is 2.44 bits per heavy atom. The molecule has 1 amide bonds. The number of carbonyl (C=O) groups excluding carboxylic acids is 1. The highest BCUT2D eigenvalue weighted by atomic mass is 16.6. The van der Waals surface area contributed by atoms with Gasteiger partial charge < -0.3 is 9.64 Å². The van der Waals surface area contributed by atoms with Crippen molar-refractivity contribution in [2.75, 3.05) is 13.1 Å². The standard InChI is InChI=1S/C23H28N2O2/c1-22(2,3)27-21(26)25-14-12-23(13-15-25)16-18(23)20-11-7-10-19(24-20)17-8-5-4-6-9-17/h4-11,18H,12-16H2,1-3H3. The summed E-state index contributed by atoms with van der Waals surface area (Å²) in [7, 11) is 0. The summed E-state index contributed by atoms with van der Waals surface area (Å²) in [6, 6.07) is 16.7. The van der Waals surface area contributed by atoms with E-state index in [4.69, 9.17) is 9.72 Å². The number of ether oxygens (including phenoxy) is 1. The summed E-state index contributed by atoms with van der Waals surface area (Å²) in [5.74, 6) is 0.516. The molecule has 0 radical (unpaired) electrons. The number of nitrogens with zero attached hydrogens (tertiary/aromatic N) is 2. The molecule has 1 spiro atoms. The Labute approximate surface area is 161 Å². The third kappa shape index (κ3) is 3.85. The molecule has 2 aromatic rings. The molecule has 4 heteroatoms. The first-order chi connectivity index (χ1) is 12.9. The van der Waals surface area contributed by atoms with Gasteiger partial charge in [0.2, 0.25) is 0 Å². The van der Waals surface area contributed by atoms with Crippen LogP contribution >= 0.6 is 0 Å². The van der Waals surface area contributed by atoms with Crippen LogP contribution in [0.4, 0.5) is 4.79 Å². The van der Waals surface area contributed by atoms with E-state index in [9.17, 15) is 4.79 Å². The zero-order valence-corrected chi connectivity index (χ0v) is 16.4. The van der Waals surface area contributed by atoms with E-state index in [1.165, 1.54) is 12.1 Å². The van der Waals surface area contributed by atoms with Gasteiger partial charge in [0, 0.05) is 30.3 Å².